The maximum atomic E-state index is 9.87. The molecule has 0 saturated heterocycles. The van der Waals surface area contributed by atoms with Crippen LogP contribution in [0.15, 0.2) is 53.6 Å². The monoisotopic (exact) mass is 388 g/mol. The van der Waals surface area contributed by atoms with Gasteiger partial charge in [-0.15, -0.1) is 0 Å². The minimum Gasteiger partial charge on any atom is -0.497 e. The Balaban J connectivity index is 1.86. The van der Waals surface area contributed by atoms with Gasteiger partial charge in [0.2, 0.25) is 0 Å². The van der Waals surface area contributed by atoms with Crippen molar-refractivity contribution in [2.75, 3.05) is 27.9 Å². The Morgan fingerprint density at radius 2 is 1.69 bits per heavy atom. The minimum absolute atomic E-state index is 0.0780. The highest BCUT2D eigenvalue weighted by Gasteiger charge is 2.35. The molecule has 2 heterocycles. The molecule has 5 heteroatoms. The summed E-state index contributed by atoms with van der Waals surface area (Å²) in [5.41, 5.74) is 6.18. The van der Waals surface area contributed by atoms with Crippen molar-refractivity contribution >= 4 is 5.70 Å². The fourth-order valence-electron chi connectivity index (χ4n) is 4.35. The Morgan fingerprint density at radius 3 is 2.31 bits per heavy atom. The van der Waals surface area contributed by atoms with Gasteiger partial charge in [-0.05, 0) is 60.4 Å². The van der Waals surface area contributed by atoms with Crippen molar-refractivity contribution in [1.82, 2.24) is 4.90 Å². The van der Waals surface area contributed by atoms with Crippen LogP contribution in [0.3, 0.4) is 0 Å². The number of nitriles is 1. The van der Waals surface area contributed by atoms with E-state index in [0.717, 1.165) is 35.5 Å². The van der Waals surface area contributed by atoms with Crippen LogP contribution < -0.4 is 14.2 Å². The molecule has 1 atom stereocenters. The maximum Gasteiger partial charge on any atom is 0.161 e. The average molecular weight is 388 g/mol. The van der Waals surface area contributed by atoms with E-state index in [1.807, 2.05) is 30.3 Å². The van der Waals surface area contributed by atoms with Crippen LogP contribution in [0.5, 0.6) is 17.2 Å². The molecular formula is C24H24N2O3. The Labute approximate surface area is 171 Å². The average Bonchev–Trinajstić information content (AvgIpc) is 2.77. The molecule has 0 bridgehead atoms. The number of allylic oxidation sites excluding steroid dienone is 2. The normalized spacial score (nSPS) is 17.7. The van der Waals surface area contributed by atoms with Crippen molar-refractivity contribution in [1.29, 1.82) is 5.26 Å². The standard InChI is InChI=1S/C24H24N2O3/c1-15-11-18(14-25)24-20-13-22(29-4)21(28-3)12-17(20)9-10-26(24)23(15)16-5-7-19(27-2)8-6-16/h5-8,11-13,23H,9-10H2,1-4H3. The van der Waals surface area contributed by atoms with Gasteiger partial charge in [0.25, 0.3) is 0 Å². The summed E-state index contributed by atoms with van der Waals surface area (Å²) < 4.78 is 16.3. The smallest absolute Gasteiger partial charge is 0.161 e. The van der Waals surface area contributed by atoms with Gasteiger partial charge in [0.1, 0.15) is 11.8 Å². The van der Waals surface area contributed by atoms with Crippen LogP contribution in [-0.4, -0.2) is 32.8 Å². The molecule has 29 heavy (non-hydrogen) atoms. The third-order valence-electron chi connectivity index (χ3n) is 5.70. The Morgan fingerprint density at radius 1 is 1.00 bits per heavy atom. The van der Waals surface area contributed by atoms with E-state index in [2.05, 4.69) is 30.0 Å². The lowest BCUT2D eigenvalue weighted by Crippen LogP contribution is -2.36. The molecule has 2 aromatic rings. The van der Waals surface area contributed by atoms with Gasteiger partial charge in [-0.1, -0.05) is 12.1 Å². The molecule has 2 aromatic carbocycles. The van der Waals surface area contributed by atoms with Gasteiger partial charge in [0, 0.05) is 12.1 Å². The van der Waals surface area contributed by atoms with Crippen molar-refractivity contribution in [3.05, 3.63) is 70.3 Å². The highest BCUT2D eigenvalue weighted by molar-refractivity contribution is 5.80. The summed E-state index contributed by atoms with van der Waals surface area (Å²) in [6.45, 7) is 2.91. The topological polar surface area (TPSA) is 54.7 Å². The molecule has 0 amide bonds. The van der Waals surface area contributed by atoms with E-state index in [1.54, 1.807) is 21.3 Å². The predicted octanol–water partition coefficient (Wildman–Crippen LogP) is 4.51. The van der Waals surface area contributed by atoms with E-state index in [9.17, 15) is 5.26 Å². The molecule has 0 N–H and O–H groups in total. The number of methoxy groups -OCH3 is 3. The van der Waals surface area contributed by atoms with Gasteiger partial charge >= 0.3 is 0 Å². The van der Waals surface area contributed by atoms with Crippen LogP contribution in [0.25, 0.3) is 5.70 Å². The zero-order valence-corrected chi connectivity index (χ0v) is 17.2. The highest BCUT2D eigenvalue weighted by Crippen LogP contribution is 2.46. The highest BCUT2D eigenvalue weighted by atomic mass is 16.5. The van der Waals surface area contributed by atoms with Gasteiger partial charge < -0.3 is 19.1 Å². The van der Waals surface area contributed by atoms with E-state index in [-0.39, 0.29) is 6.04 Å². The number of hydrogen-bond donors (Lipinski definition) is 0. The van der Waals surface area contributed by atoms with Crippen molar-refractivity contribution < 1.29 is 14.2 Å². The Kier molecular flexibility index (Phi) is 4.94. The SMILES string of the molecule is COc1ccc(C2C(C)=CC(C#N)=C3c4cc(OC)c(OC)cc4CCN32)cc1. The Bertz CT molecular complexity index is 1050. The first-order valence-electron chi connectivity index (χ1n) is 9.59. The lowest BCUT2D eigenvalue weighted by atomic mass is 9.85. The first-order chi connectivity index (χ1) is 14.1. The molecule has 2 aliphatic rings. The van der Waals surface area contributed by atoms with Crippen molar-refractivity contribution in [3.8, 4) is 23.3 Å². The number of rotatable bonds is 4. The number of hydrogen-bond acceptors (Lipinski definition) is 5. The second kappa shape index (κ2) is 7.56. The molecule has 0 saturated carbocycles. The van der Waals surface area contributed by atoms with Crippen LogP contribution in [0.4, 0.5) is 0 Å². The van der Waals surface area contributed by atoms with E-state index in [1.165, 1.54) is 11.1 Å². The molecule has 2 aliphatic heterocycles. The van der Waals surface area contributed by atoms with Crippen LogP contribution in [0.2, 0.25) is 0 Å². The molecular weight excluding hydrogens is 364 g/mol. The second-order valence-corrected chi connectivity index (χ2v) is 7.25. The third-order valence-corrected chi connectivity index (χ3v) is 5.70. The molecule has 0 aliphatic carbocycles. The van der Waals surface area contributed by atoms with Gasteiger partial charge in [-0.3, -0.25) is 0 Å². The summed E-state index contributed by atoms with van der Waals surface area (Å²) in [5.74, 6) is 2.22. The van der Waals surface area contributed by atoms with Crippen LogP contribution >= 0.6 is 0 Å². The molecule has 0 fully saturated rings. The molecule has 0 radical (unpaired) electrons. The minimum atomic E-state index is 0.0780. The van der Waals surface area contributed by atoms with Crippen LogP contribution in [0, 0.1) is 11.3 Å². The molecule has 148 valence electrons. The first-order valence-corrected chi connectivity index (χ1v) is 9.59. The molecule has 0 aromatic heterocycles. The van der Waals surface area contributed by atoms with Gasteiger partial charge in [0.15, 0.2) is 11.5 Å². The van der Waals surface area contributed by atoms with Gasteiger partial charge in [-0.25, -0.2) is 0 Å². The number of nitrogens with zero attached hydrogens (tertiary/aromatic N) is 2. The molecule has 1 unspecified atom stereocenters. The third kappa shape index (κ3) is 3.11. The molecule has 5 nitrogen and oxygen atoms in total. The van der Waals surface area contributed by atoms with Crippen molar-refractivity contribution in [3.63, 3.8) is 0 Å². The zero-order valence-electron chi connectivity index (χ0n) is 17.2. The van der Waals surface area contributed by atoms with Crippen molar-refractivity contribution in [2.24, 2.45) is 0 Å². The van der Waals surface area contributed by atoms with Crippen LogP contribution in [-0.2, 0) is 6.42 Å². The Hall–Kier alpha value is -3.39. The fraction of sp³-hybridized carbons (Fsp3) is 0.292. The largest absolute Gasteiger partial charge is 0.497 e. The maximum absolute atomic E-state index is 9.87. The summed E-state index contributed by atoms with van der Waals surface area (Å²) in [4.78, 5) is 2.34. The summed E-state index contributed by atoms with van der Waals surface area (Å²) in [6.07, 6.45) is 2.88. The van der Waals surface area contributed by atoms with Gasteiger partial charge in [-0.2, -0.15) is 5.26 Å². The summed E-state index contributed by atoms with van der Waals surface area (Å²) in [7, 11) is 4.95. The molecule has 4 rings (SSSR count). The lowest BCUT2D eigenvalue weighted by Gasteiger charge is -2.43. The summed E-state index contributed by atoms with van der Waals surface area (Å²) >= 11 is 0. The number of fused-ring (bicyclic) bond motifs is 3. The molecule has 0 spiro atoms. The number of benzene rings is 2. The van der Waals surface area contributed by atoms with Crippen molar-refractivity contribution in [2.45, 2.75) is 19.4 Å². The van der Waals surface area contributed by atoms with Crippen LogP contribution in [0.1, 0.15) is 29.7 Å². The van der Waals surface area contributed by atoms with E-state index < -0.39 is 0 Å². The first kappa shape index (κ1) is 18.9. The van der Waals surface area contributed by atoms with E-state index in [4.69, 9.17) is 14.2 Å². The van der Waals surface area contributed by atoms with E-state index in [0.29, 0.717) is 17.1 Å². The number of ether oxygens (including phenoxy) is 3. The predicted molar refractivity (Wildman–Crippen MR) is 112 cm³/mol. The summed E-state index contributed by atoms with van der Waals surface area (Å²) in [6, 6.07) is 14.7. The van der Waals surface area contributed by atoms with Gasteiger partial charge in [0.05, 0.1) is 38.6 Å². The quantitative estimate of drug-likeness (QED) is 0.772. The summed E-state index contributed by atoms with van der Waals surface area (Å²) in [5, 5.41) is 9.87. The second-order valence-electron chi connectivity index (χ2n) is 7.25. The fourth-order valence-corrected chi connectivity index (χ4v) is 4.35. The zero-order chi connectivity index (χ0) is 20.5. The van der Waals surface area contributed by atoms with E-state index >= 15 is 0 Å². The lowest BCUT2D eigenvalue weighted by molar-refractivity contribution is 0.318.